The van der Waals surface area contributed by atoms with Crippen LogP contribution in [0, 0.1) is 20.8 Å². The second-order valence-corrected chi connectivity index (χ2v) is 6.09. The summed E-state index contributed by atoms with van der Waals surface area (Å²) in [4.78, 5) is 21.5. The Morgan fingerprint density at radius 3 is 2.72 bits per heavy atom. The van der Waals surface area contributed by atoms with E-state index in [2.05, 4.69) is 25.5 Å². The molecule has 4 aromatic rings. The predicted molar refractivity (Wildman–Crippen MR) is 93.7 cm³/mol. The van der Waals surface area contributed by atoms with Crippen molar-refractivity contribution in [3.05, 3.63) is 47.2 Å². The number of hydrogen-bond acceptors (Lipinski definition) is 5. The summed E-state index contributed by atoms with van der Waals surface area (Å²) in [5.74, 6) is -0.268. The molecule has 8 heteroatoms. The zero-order valence-electron chi connectivity index (χ0n) is 14.4. The minimum absolute atomic E-state index is 0.268. The van der Waals surface area contributed by atoms with Gasteiger partial charge in [0.25, 0.3) is 5.91 Å². The van der Waals surface area contributed by atoms with E-state index in [0.717, 1.165) is 28.1 Å². The Hall–Kier alpha value is -3.29. The molecule has 8 nitrogen and oxygen atoms in total. The van der Waals surface area contributed by atoms with Crippen LogP contribution in [0.25, 0.3) is 16.7 Å². The van der Waals surface area contributed by atoms with Gasteiger partial charge in [0.1, 0.15) is 5.56 Å². The zero-order chi connectivity index (χ0) is 17.7. The van der Waals surface area contributed by atoms with E-state index >= 15 is 0 Å². The fraction of sp³-hybridized carbons (Fsp3) is 0.235. The first kappa shape index (κ1) is 15.3. The Labute approximate surface area is 143 Å². The van der Waals surface area contributed by atoms with Gasteiger partial charge in [0, 0.05) is 23.8 Å². The molecular weight excluding hydrogens is 318 g/mol. The molecule has 0 aliphatic heterocycles. The van der Waals surface area contributed by atoms with Crippen LogP contribution in [-0.4, -0.2) is 35.3 Å². The third-order valence-electron chi connectivity index (χ3n) is 4.14. The lowest BCUT2D eigenvalue weighted by molar-refractivity contribution is 0.102. The van der Waals surface area contributed by atoms with Crippen molar-refractivity contribution < 1.29 is 4.79 Å². The van der Waals surface area contributed by atoms with Gasteiger partial charge in [-0.15, -0.1) is 0 Å². The van der Waals surface area contributed by atoms with Gasteiger partial charge in [-0.3, -0.25) is 9.48 Å². The average Bonchev–Trinajstić information content (AvgIpc) is 3.09. The topological polar surface area (TPSA) is 90.0 Å². The first-order valence-electron chi connectivity index (χ1n) is 7.87. The minimum Gasteiger partial charge on any atom is -0.320 e. The lowest BCUT2D eigenvalue weighted by Gasteiger charge is -2.05. The quantitative estimate of drug-likeness (QED) is 0.606. The normalized spacial score (nSPS) is 11.4. The maximum absolute atomic E-state index is 12.7. The number of rotatable bonds is 2. The predicted octanol–water partition coefficient (Wildman–Crippen LogP) is 2.19. The fourth-order valence-electron chi connectivity index (χ4n) is 3.01. The van der Waals surface area contributed by atoms with Crippen molar-refractivity contribution in [2.45, 2.75) is 20.8 Å². The standard InChI is InChI=1S/C17H17N7O/c1-9-5-10(2)24-16(20-9)14(8-19-24)17(25)21-12-6-13-11(3)22-23(4)15(13)18-7-12/h5-8H,1-4H3,(H,21,25). The summed E-state index contributed by atoms with van der Waals surface area (Å²) >= 11 is 0. The van der Waals surface area contributed by atoms with E-state index in [-0.39, 0.29) is 5.91 Å². The number of pyridine rings is 1. The highest BCUT2D eigenvalue weighted by Gasteiger charge is 2.16. The second kappa shape index (κ2) is 5.37. The first-order chi connectivity index (χ1) is 11.9. The maximum Gasteiger partial charge on any atom is 0.261 e. The van der Waals surface area contributed by atoms with Crippen molar-refractivity contribution in [2.24, 2.45) is 7.05 Å². The highest BCUT2D eigenvalue weighted by atomic mass is 16.1. The monoisotopic (exact) mass is 335 g/mol. The van der Waals surface area contributed by atoms with E-state index in [4.69, 9.17) is 0 Å². The Morgan fingerprint density at radius 2 is 1.92 bits per heavy atom. The molecule has 25 heavy (non-hydrogen) atoms. The zero-order valence-corrected chi connectivity index (χ0v) is 14.4. The van der Waals surface area contributed by atoms with E-state index < -0.39 is 0 Å². The Balaban J connectivity index is 1.72. The van der Waals surface area contributed by atoms with Gasteiger partial charge in [-0.1, -0.05) is 0 Å². The van der Waals surface area contributed by atoms with Crippen molar-refractivity contribution >= 4 is 28.3 Å². The van der Waals surface area contributed by atoms with Gasteiger partial charge in [-0.2, -0.15) is 10.2 Å². The summed E-state index contributed by atoms with van der Waals surface area (Å²) in [6, 6.07) is 3.79. The number of aromatic nitrogens is 6. The smallest absolute Gasteiger partial charge is 0.261 e. The molecule has 4 heterocycles. The van der Waals surface area contributed by atoms with Crippen LogP contribution in [0.2, 0.25) is 0 Å². The summed E-state index contributed by atoms with van der Waals surface area (Å²) < 4.78 is 3.38. The number of nitrogens with one attached hydrogen (secondary N) is 1. The number of aryl methyl sites for hydroxylation is 4. The molecule has 126 valence electrons. The SMILES string of the molecule is Cc1cc(C)n2ncc(C(=O)Nc3cnc4c(c3)c(C)nn4C)c2n1. The summed E-state index contributed by atoms with van der Waals surface area (Å²) in [5, 5.41) is 12.4. The van der Waals surface area contributed by atoms with Gasteiger partial charge in [0.05, 0.1) is 23.8 Å². The molecule has 0 bridgehead atoms. The van der Waals surface area contributed by atoms with E-state index in [0.29, 0.717) is 16.9 Å². The van der Waals surface area contributed by atoms with Crippen LogP contribution < -0.4 is 5.32 Å². The van der Waals surface area contributed by atoms with Crippen LogP contribution in [0.5, 0.6) is 0 Å². The van der Waals surface area contributed by atoms with E-state index in [1.54, 1.807) is 15.4 Å². The number of anilines is 1. The molecule has 1 amide bonds. The Morgan fingerprint density at radius 1 is 1.12 bits per heavy atom. The molecule has 0 radical (unpaired) electrons. The number of fused-ring (bicyclic) bond motifs is 2. The highest BCUT2D eigenvalue weighted by Crippen LogP contribution is 2.20. The average molecular weight is 335 g/mol. The molecule has 4 rings (SSSR count). The number of hydrogen-bond donors (Lipinski definition) is 1. The van der Waals surface area contributed by atoms with E-state index in [9.17, 15) is 4.79 Å². The molecule has 0 atom stereocenters. The molecule has 0 fully saturated rings. The molecule has 1 N–H and O–H groups in total. The van der Waals surface area contributed by atoms with Crippen LogP contribution in [0.3, 0.4) is 0 Å². The van der Waals surface area contributed by atoms with Crippen LogP contribution >= 0.6 is 0 Å². The van der Waals surface area contributed by atoms with Gasteiger partial charge in [-0.25, -0.2) is 14.5 Å². The minimum atomic E-state index is -0.268. The van der Waals surface area contributed by atoms with Crippen molar-refractivity contribution in [1.82, 2.24) is 29.4 Å². The van der Waals surface area contributed by atoms with Gasteiger partial charge < -0.3 is 5.32 Å². The van der Waals surface area contributed by atoms with E-state index in [1.165, 1.54) is 6.20 Å². The van der Waals surface area contributed by atoms with Gasteiger partial charge in [-0.05, 0) is 32.9 Å². The maximum atomic E-state index is 12.7. The lowest BCUT2D eigenvalue weighted by atomic mass is 10.2. The number of amides is 1. The molecule has 0 saturated heterocycles. The van der Waals surface area contributed by atoms with Crippen LogP contribution in [0.1, 0.15) is 27.4 Å². The summed E-state index contributed by atoms with van der Waals surface area (Å²) in [7, 11) is 1.84. The Kier molecular flexibility index (Phi) is 3.28. The number of nitrogens with zero attached hydrogens (tertiary/aromatic N) is 6. The molecule has 0 saturated carbocycles. The highest BCUT2D eigenvalue weighted by molar-refractivity contribution is 6.08. The summed E-state index contributed by atoms with van der Waals surface area (Å²) in [6.45, 7) is 5.74. The fourth-order valence-corrected chi connectivity index (χ4v) is 3.01. The first-order valence-corrected chi connectivity index (χ1v) is 7.87. The Bertz CT molecular complexity index is 1140. The number of carbonyl (C=O) groups is 1. The largest absolute Gasteiger partial charge is 0.320 e. The molecule has 0 aliphatic carbocycles. The lowest BCUT2D eigenvalue weighted by Crippen LogP contribution is -2.12. The summed E-state index contributed by atoms with van der Waals surface area (Å²) in [6.07, 6.45) is 3.16. The molecule has 0 spiro atoms. The molecule has 0 unspecified atom stereocenters. The van der Waals surface area contributed by atoms with Crippen molar-refractivity contribution in [1.29, 1.82) is 0 Å². The van der Waals surface area contributed by atoms with Crippen molar-refractivity contribution in [3.63, 3.8) is 0 Å². The molecule has 0 aliphatic rings. The molecular formula is C17H17N7O. The molecule has 0 aromatic carbocycles. The third-order valence-corrected chi connectivity index (χ3v) is 4.14. The number of carbonyl (C=O) groups excluding carboxylic acids is 1. The van der Waals surface area contributed by atoms with Gasteiger partial charge in [0.2, 0.25) is 0 Å². The van der Waals surface area contributed by atoms with Crippen LogP contribution in [-0.2, 0) is 7.05 Å². The molecule has 4 aromatic heterocycles. The third kappa shape index (κ3) is 2.42. The second-order valence-electron chi connectivity index (χ2n) is 6.09. The van der Waals surface area contributed by atoms with Crippen LogP contribution in [0.4, 0.5) is 5.69 Å². The van der Waals surface area contributed by atoms with Gasteiger partial charge in [0.15, 0.2) is 11.3 Å². The summed E-state index contributed by atoms with van der Waals surface area (Å²) in [5.41, 5.74) is 4.99. The van der Waals surface area contributed by atoms with Crippen molar-refractivity contribution in [3.8, 4) is 0 Å². The van der Waals surface area contributed by atoms with Crippen molar-refractivity contribution in [2.75, 3.05) is 5.32 Å². The van der Waals surface area contributed by atoms with Crippen LogP contribution in [0.15, 0.2) is 24.5 Å². The van der Waals surface area contributed by atoms with Gasteiger partial charge >= 0.3 is 0 Å². The van der Waals surface area contributed by atoms with E-state index in [1.807, 2.05) is 40.0 Å².